The molecule has 0 heterocycles. The smallest absolute Gasteiger partial charge is 0.303 e. The van der Waals surface area contributed by atoms with E-state index in [1.807, 2.05) is 0 Å². The Hall–Kier alpha value is -9.80. The summed E-state index contributed by atoms with van der Waals surface area (Å²) >= 11 is 0. The van der Waals surface area contributed by atoms with Crippen LogP contribution in [0.1, 0.15) is 462 Å². The van der Waals surface area contributed by atoms with Gasteiger partial charge in [-0.15, -0.1) is 13.2 Å². The molecule has 128 heavy (non-hydrogen) atoms. The second kappa shape index (κ2) is 117. The zero-order valence-corrected chi connectivity index (χ0v) is 76.7. The first-order valence-corrected chi connectivity index (χ1v) is 46.1. The third kappa shape index (κ3) is 194. The molecule has 0 spiro atoms. The van der Waals surface area contributed by atoms with E-state index in [1.165, 1.54) is 0 Å². The summed E-state index contributed by atoms with van der Waals surface area (Å²) in [5.41, 5.74) is 0. The molecule has 0 atom stereocenters. The number of hydrogen-bond acceptors (Lipinski definition) is 18. The summed E-state index contributed by atoms with van der Waals surface area (Å²) in [6.07, 6.45) is 52.4. The summed E-state index contributed by atoms with van der Waals surface area (Å²) in [6, 6.07) is 0. The molecule has 36 nitrogen and oxygen atoms in total. The molecule has 0 aliphatic heterocycles. The van der Waals surface area contributed by atoms with Crippen molar-refractivity contribution in [3.05, 3.63) is 13.2 Å². The minimum Gasteiger partial charge on any atom is -0.481 e. The summed E-state index contributed by atoms with van der Waals surface area (Å²) in [4.78, 5) is 183. The van der Waals surface area contributed by atoms with Gasteiger partial charge in [0.15, 0.2) is 0 Å². The van der Waals surface area contributed by atoms with Crippen LogP contribution in [0.25, 0.3) is 0 Å². The predicted octanol–water partition coefficient (Wildman–Crippen LogP) is 21.3. The molecular weight excluding hydrogens is 1680 g/mol. The Balaban J connectivity index is -0.000000153. The van der Waals surface area contributed by atoms with E-state index in [1.54, 1.807) is 0 Å². The molecule has 0 radical (unpaired) electrons. The van der Waals surface area contributed by atoms with Crippen LogP contribution in [0.15, 0.2) is 13.2 Å². The second-order valence-electron chi connectivity index (χ2n) is 30.7. The monoisotopic (exact) mass is 1850 g/mol. The van der Waals surface area contributed by atoms with Crippen molar-refractivity contribution in [1.29, 1.82) is 0 Å². The summed E-state index contributed by atoms with van der Waals surface area (Å²) < 4.78 is 0. The van der Waals surface area contributed by atoms with Crippen molar-refractivity contribution in [3.8, 4) is 0 Å². The van der Waals surface area contributed by atoms with Gasteiger partial charge < -0.3 is 91.9 Å². The molecular formula is C92H166O36. The topological polar surface area (TPSA) is 671 Å². The van der Waals surface area contributed by atoms with Crippen LogP contribution in [0.3, 0.4) is 0 Å². The van der Waals surface area contributed by atoms with Gasteiger partial charge in [-0.3, -0.25) is 86.3 Å². The van der Waals surface area contributed by atoms with E-state index in [2.05, 4.69) is 13.2 Å². The Kier molecular flexibility index (Phi) is 127. The van der Waals surface area contributed by atoms with Gasteiger partial charge in [-0.05, 0) is 116 Å². The van der Waals surface area contributed by atoms with E-state index in [9.17, 15) is 86.3 Å². The minimum absolute atomic E-state index is 0.245. The molecule has 18 N–H and O–H groups in total. The lowest BCUT2D eigenvalue weighted by Crippen LogP contribution is -1.94. The first-order valence-electron chi connectivity index (χ1n) is 46.1. The summed E-state index contributed by atoms with van der Waals surface area (Å²) in [6.45, 7) is 6.00. The highest BCUT2D eigenvalue weighted by molar-refractivity contribution is 5.71. The lowest BCUT2D eigenvalue weighted by Gasteiger charge is -1.98. The highest BCUT2D eigenvalue weighted by Crippen LogP contribution is 2.16. The number of unbranched alkanes of at least 4 members (excludes halogenated alkanes) is 45. The fourth-order valence-electron chi connectivity index (χ4n) is 11.3. The molecule has 0 aromatic heterocycles. The van der Waals surface area contributed by atoms with E-state index in [-0.39, 0.29) is 116 Å². The number of carbonyl (C=O) groups is 18. The standard InChI is InChI=1S/9C10H18O4.C2H4/c9*11-9(12)7-5-3-1-2-4-6-8-10(13)14;1-2/h9*1-8H2,(H,11,12)(H,13,14);1-2H2. The lowest BCUT2D eigenvalue weighted by molar-refractivity contribution is -0.138. The lowest BCUT2D eigenvalue weighted by atomic mass is 10.1. The van der Waals surface area contributed by atoms with Crippen molar-refractivity contribution in [1.82, 2.24) is 0 Å². The van der Waals surface area contributed by atoms with Crippen LogP contribution in [0.4, 0.5) is 0 Å². The van der Waals surface area contributed by atoms with Gasteiger partial charge in [0, 0.05) is 116 Å². The summed E-state index contributed by atoms with van der Waals surface area (Å²) in [5.74, 6) is -13.3. The highest BCUT2D eigenvalue weighted by atomic mass is 16.4. The zero-order valence-electron chi connectivity index (χ0n) is 76.7. The fourth-order valence-corrected chi connectivity index (χ4v) is 11.3. The third-order valence-electron chi connectivity index (χ3n) is 18.3. The van der Waals surface area contributed by atoms with Crippen molar-refractivity contribution in [3.63, 3.8) is 0 Å². The summed E-state index contributed by atoms with van der Waals surface area (Å²) in [5, 5.41) is 150. The van der Waals surface area contributed by atoms with Crippen LogP contribution in [0.5, 0.6) is 0 Å². The number of carboxylic acids is 18. The molecule has 0 saturated carbocycles. The van der Waals surface area contributed by atoms with Crippen LogP contribution < -0.4 is 0 Å². The molecule has 0 amide bonds. The van der Waals surface area contributed by atoms with Crippen LogP contribution >= 0.6 is 0 Å². The Morgan fingerprint density at radius 2 is 0.117 bits per heavy atom. The highest BCUT2D eigenvalue weighted by Gasteiger charge is 2.08. The van der Waals surface area contributed by atoms with Crippen molar-refractivity contribution in [2.24, 2.45) is 0 Å². The minimum atomic E-state index is -0.740. The van der Waals surface area contributed by atoms with E-state index in [0.717, 1.165) is 347 Å². The quantitative estimate of drug-likeness (QED) is 0.0199. The molecule has 0 rings (SSSR count). The van der Waals surface area contributed by atoms with Crippen LogP contribution in [-0.2, 0) is 86.3 Å². The van der Waals surface area contributed by atoms with Gasteiger partial charge in [-0.25, -0.2) is 0 Å². The molecule has 0 bridgehead atoms. The zero-order chi connectivity index (χ0) is 99.3. The Morgan fingerprint density at radius 3 is 0.148 bits per heavy atom. The fraction of sp³-hybridized carbons (Fsp3) is 0.783. The third-order valence-corrected chi connectivity index (χ3v) is 18.3. The molecule has 0 aromatic carbocycles. The van der Waals surface area contributed by atoms with E-state index in [0.29, 0.717) is 0 Å². The van der Waals surface area contributed by atoms with E-state index >= 15 is 0 Å². The molecule has 0 fully saturated rings. The molecule has 0 saturated heterocycles. The first-order chi connectivity index (χ1) is 60.6. The van der Waals surface area contributed by atoms with E-state index < -0.39 is 107 Å². The molecule has 0 unspecified atom stereocenters. The van der Waals surface area contributed by atoms with Crippen LogP contribution in [0.2, 0.25) is 0 Å². The van der Waals surface area contributed by atoms with Crippen molar-refractivity contribution in [2.75, 3.05) is 0 Å². The van der Waals surface area contributed by atoms with Crippen molar-refractivity contribution < 1.29 is 178 Å². The van der Waals surface area contributed by atoms with Gasteiger partial charge in [0.1, 0.15) is 0 Å². The van der Waals surface area contributed by atoms with Gasteiger partial charge in [-0.1, -0.05) is 231 Å². The summed E-state index contributed by atoms with van der Waals surface area (Å²) in [7, 11) is 0. The van der Waals surface area contributed by atoms with E-state index in [4.69, 9.17) is 91.9 Å². The number of carboxylic acid groups (broad SMARTS) is 18. The number of aliphatic carboxylic acids is 18. The Labute approximate surface area is 758 Å². The SMILES string of the molecule is C=C.O=C(O)CCCCCCCCC(=O)O.O=C(O)CCCCCCCCC(=O)O.O=C(O)CCCCCCCCC(=O)O.O=C(O)CCCCCCCCC(=O)O.O=C(O)CCCCCCCCC(=O)O.O=C(O)CCCCCCCCC(=O)O.O=C(O)CCCCCCCCC(=O)O.O=C(O)CCCCCCCCC(=O)O.O=C(O)CCCCCCCCC(=O)O. The van der Waals surface area contributed by atoms with Crippen LogP contribution in [-0.4, -0.2) is 199 Å². The predicted molar refractivity (Wildman–Crippen MR) is 481 cm³/mol. The number of hydrogen-bond donors (Lipinski definition) is 18. The van der Waals surface area contributed by atoms with Crippen molar-refractivity contribution in [2.45, 2.75) is 462 Å². The molecule has 0 aliphatic rings. The number of rotatable bonds is 81. The van der Waals surface area contributed by atoms with Gasteiger partial charge in [0.2, 0.25) is 0 Å². The second-order valence-corrected chi connectivity index (χ2v) is 30.7. The average molecular weight is 1850 g/mol. The Morgan fingerprint density at radius 1 is 0.0859 bits per heavy atom. The molecule has 0 aliphatic carbocycles. The normalized spacial score (nSPS) is 9.88. The van der Waals surface area contributed by atoms with Gasteiger partial charge in [0.25, 0.3) is 0 Å². The molecule has 0 aromatic rings. The maximum atomic E-state index is 10.1. The van der Waals surface area contributed by atoms with Gasteiger partial charge >= 0.3 is 107 Å². The maximum Gasteiger partial charge on any atom is 0.303 e. The van der Waals surface area contributed by atoms with Gasteiger partial charge in [-0.2, -0.15) is 0 Å². The average Bonchev–Trinajstić information content (AvgIpc) is 1.11. The molecule has 750 valence electrons. The Bertz CT molecular complexity index is 2000. The van der Waals surface area contributed by atoms with Gasteiger partial charge in [0.05, 0.1) is 0 Å². The maximum absolute atomic E-state index is 10.1. The van der Waals surface area contributed by atoms with Crippen LogP contribution in [0, 0.1) is 0 Å². The first kappa shape index (κ1) is 139. The largest absolute Gasteiger partial charge is 0.481 e. The molecule has 36 heteroatoms. The van der Waals surface area contributed by atoms with Crippen molar-refractivity contribution >= 4 is 107 Å².